The average Bonchev–Trinajstić information content (AvgIpc) is 3.22. The van der Waals surface area contributed by atoms with Crippen LogP contribution in [0.2, 0.25) is 0 Å². The van der Waals surface area contributed by atoms with E-state index < -0.39 is 5.97 Å². The Morgan fingerprint density at radius 1 is 0.889 bits per heavy atom. The summed E-state index contributed by atoms with van der Waals surface area (Å²) in [6, 6.07) is 19.6. The molecule has 2 aromatic carbocycles. The number of esters is 1. The molecule has 0 spiro atoms. The van der Waals surface area contributed by atoms with Gasteiger partial charge in [-0.1, -0.05) is 18.2 Å². The van der Waals surface area contributed by atoms with Gasteiger partial charge in [0.2, 0.25) is 0 Å². The number of anilines is 2. The van der Waals surface area contributed by atoms with Gasteiger partial charge in [-0.2, -0.15) is 0 Å². The minimum atomic E-state index is -0.464. The maximum absolute atomic E-state index is 13.1. The summed E-state index contributed by atoms with van der Waals surface area (Å²) in [5.74, 6) is -0.0234. The first-order chi connectivity index (χ1) is 13.1. The van der Waals surface area contributed by atoms with Crippen LogP contribution in [0.15, 0.2) is 66.7 Å². The first-order valence-corrected chi connectivity index (χ1v) is 8.92. The van der Waals surface area contributed by atoms with E-state index in [1.54, 1.807) is 31.4 Å². The molecule has 0 bridgehead atoms. The van der Waals surface area contributed by atoms with Crippen molar-refractivity contribution < 1.29 is 19.1 Å². The normalized spacial score (nSPS) is 10.1. The van der Waals surface area contributed by atoms with Gasteiger partial charge in [-0.05, 0) is 48.5 Å². The van der Waals surface area contributed by atoms with E-state index in [1.165, 1.54) is 12.1 Å². The van der Waals surface area contributed by atoms with E-state index in [2.05, 4.69) is 5.43 Å². The van der Waals surface area contributed by atoms with Crippen molar-refractivity contribution in [3.8, 4) is 5.75 Å². The number of hydrazine groups is 1. The highest BCUT2D eigenvalue weighted by Gasteiger charge is 2.21. The van der Waals surface area contributed by atoms with Crippen molar-refractivity contribution in [1.29, 1.82) is 0 Å². The van der Waals surface area contributed by atoms with Crippen LogP contribution >= 0.6 is 11.3 Å². The van der Waals surface area contributed by atoms with Gasteiger partial charge < -0.3 is 9.47 Å². The number of thiophene rings is 1. The molecule has 3 aromatic rings. The number of hydrogen-bond donors (Lipinski definition) is 1. The first-order valence-electron chi connectivity index (χ1n) is 8.10. The molecule has 3 rings (SSSR count). The fourth-order valence-electron chi connectivity index (χ4n) is 2.38. The first kappa shape index (κ1) is 18.5. The number of para-hydroxylation sites is 1. The predicted octanol–water partition coefficient (Wildman–Crippen LogP) is 4.22. The predicted molar refractivity (Wildman–Crippen MR) is 106 cm³/mol. The van der Waals surface area contributed by atoms with Gasteiger partial charge in [-0.25, -0.2) is 9.80 Å². The number of rotatable bonds is 6. The number of ether oxygens (including phenoxy) is 2. The standard InChI is InChI=1S/C20H18N2O4S/c1-25-16-10-8-14(9-11-16)21-22(15-6-4-3-5-7-15)19(23)17-12-13-18(27-17)20(24)26-2/h3-13,21H,1-2H3. The molecule has 138 valence electrons. The molecule has 0 saturated heterocycles. The molecular weight excluding hydrogens is 364 g/mol. The highest BCUT2D eigenvalue weighted by Crippen LogP contribution is 2.24. The Labute approximate surface area is 160 Å². The van der Waals surface area contributed by atoms with E-state index in [0.29, 0.717) is 15.4 Å². The van der Waals surface area contributed by atoms with Gasteiger partial charge in [0.15, 0.2) is 0 Å². The fraction of sp³-hybridized carbons (Fsp3) is 0.100. The Bertz CT molecular complexity index is 923. The molecule has 1 N–H and O–H groups in total. The Hall–Kier alpha value is -3.32. The number of nitrogens with zero attached hydrogens (tertiary/aromatic N) is 1. The van der Waals surface area contributed by atoms with Gasteiger partial charge >= 0.3 is 5.97 Å². The average molecular weight is 382 g/mol. The van der Waals surface area contributed by atoms with E-state index in [0.717, 1.165) is 22.8 Å². The summed E-state index contributed by atoms with van der Waals surface area (Å²) in [6.07, 6.45) is 0. The monoisotopic (exact) mass is 382 g/mol. The fourth-order valence-corrected chi connectivity index (χ4v) is 3.23. The number of amides is 1. The minimum Gasteiger partial charge on any atom is -0.497 e. The summed E-state index contributed by atoms with van der Waals surface area (Å²) in [4.78, 5) is 25.6. The maximum Gasteiger partial charge on any atom is 0.348 e. The van der Waals surface area contributed by atoms with Crippen LogP contribution in [0.1, 0.15) is 19.3 Å². The van der Waals surface area contributed by atoms with Crippen LogP contribution < -0.4 is 15.2 Å². The van der Waals surface area contributed by atoms with E-state index in [1.807, 2.05) is 42.5 Å². The molecular formula is C20H18N2O4S. The Morgan fingerprint density at radius 2 is 1.56 bits per heavy atom. The molecule has 6 nitrogen and oxygen atoms in total. The summed E-state index contributed by atoms with van der Waals surface area (Å²) in [7, 11) is 2.91. The van der Waals surface area contributed by atoms with E-state index in [-0.39, 0.29) is 5.91 Å². The van der Waals surface area contributed by atoms with Crippen LogP contribution in [0.5, 0.6) is 5.75 Å². The van der Waals surface area contributed by atoms with E-state index in [4.69, 9.17) is 9.47 Å². The van der Waals surface area contributed by atoms with Crippen LogP contribution in [-0.4, -0.2) is 26.1 Å². The summed E-state index contributed by atoms with van der Waals surface area (Å²) < 4.78 is 9.87. The molecule has 1 amide bonds. The van der Waals surface area contributed by atoms with Crippen molar-refractivity contribution in [1.82, 2.24) is 0 Å². The number of methoxy groups -OCH3 is 2. The van der Waals surface area contributed by atoms with Gasteiger partial charge in [0.05, 0.1) is 30.5 Å². The van der Waals surface area contributed by atoms with Crippen LogP contribution in [0, 0.1) is 0 Å². The third kappa shape index (κ3) is 4.27. The lowest BCUT2D eigenvalue weighted by Crippen LogP contribution is -2.35. The topological polar surface area (TPSA) is 67.9 Å². The van der Waals surface area contributed by atoms with Gasteiger partial charge in [-0.3, -0.25) is 10.2 Å². The molecule has 27 heavy (non-hydrogen) atoms. The molecule has 0 atom stereocenters. The van der Waals surface area contributed by atoms with Crippen LogP contribution in [0.25, 0.3) is 0 Å². The van der Waals surface area contributed by atoms with Crippen molar-refractivity contribution in [3.05, 3.63) is 76.5 Å². The Kier molecular flexibility index (Phi) is 5.73. The van der Waals surface area contributed by atoms with Crippen LogP contribution in [0.3, 0.4) is 0 Å². The second-order valence-electron chi connectivity index (χ2n) is 5.47. The lowest BCUT2D eigenvalue weighted by molar-refractivity contribution is 0.0606. The van der Waals surface area contributed by atoms with Crippen LogP contribution in [0.4, 0.5) is 11.4 Å². The molecule has 0 aliphatic heterocycles. The molecule has 0 aliphatic carbocycles. The molecule has 1 aromatic heterocycles. The lowest BCUT2D eigenvalue weighted by Gasteiger charge is -2.24. The van der Waals surface area contributed by atoms with E-state index in [9.17, 15) is 9.59 Å². The van der Waals surface area contributed by atoms with E-state index >= 15 is 0 Å². The molecule has 0 aliphatic rings. The molecule has 7 heteroatoms. The lowest BCUT2D eigenvalue weighted by atomic mass is 10.3. The van der Waals surface area contributed by atoms with Crippen molar-refractivity contribution in [3.63, 3.8) is 0 Å². The Morgan fingerprint density at radius 3 is 2.19 bits per heavy atom. The molecule has 1 heterocycles. The van der Waals surface area contributed by atoms with Gasteiger partial charge in [0.25, 0.3) is 5.91 Å². The second kappa shape index (κ2) is 8.37. The number of carbonyl (C=O) groups excluding carboxylic acids is 2. The molecule has 0 saturated carbocycles. The summed E-state index contributed by atoms with van der Waals surface area (Å²) in [6.45, 7) is 0. The van der Waals surface area contributed by atoms with Crippen molar-refractivity contribution in [2.45, 2.75) is 0 Å². The van der Waals surface area contributed by atoms with Gasteiger partial charge in [0, 0.05) is 0 Å². The number of hydrogen-bond acceptors (Lipinski definition) is 6. The van der Waals surface area contributed by atoms with Crippen molar-refractivity contribution in [2.24, 2.45) is 0 Å². The third-order valence-electron chi connectivity index (χ3n) is 3.75. The maximum atomic E-state index is 13.1. The van der Waals surface area contributed by atoms with Crippen molar-refractivity contribution in [2.75, 3.05) is 24.7 Å². The highest BCUT2D eigenvalue weighted by atomic mass is 32.1. The summed E-state index contributed by atoms with van der Waals surface area (Å²) in [5, 5.41) is 1.44. The van der Waals surface area contributed by atoms with Gasteiger partial charge in [0.1, 0.15) is 10.6 Å². The molecule has 0 unspecified atom stereocenters. The minimum absolute atomic E-state index is 0.280. The second-order valence-corrected chi connectivity index (χ2v) is 6.56. The zero-order valence-corrected chi connectivity index (χ0v) is 15.7. The number of nitrogens with one attached hydrogen (secondary N) is 1. The Balaban J connectivity index is 1.90. The van der Waals surface area contributed by atoms with Gasteiger partial charge in [-0.15, -0.1) is 11.3 Å². The smallest absolute Gasteiger partial charge is 0.348 e. The molecule has 0 radical (unpaired) electrons. The summed E-state index contributed by atoms with van der Waals surface area (Å²) >= 11 is 1.09. The third-order valence-corrected chi connectivity index (χ3v) is 4.81. The SMILES string of the molecule is COC(=O)c1ccc(C(=O)N(Nc2ccc(OC)cc2)c2ccccc2)s1. The number of benzene rings is 2. The molecule has 0 fully saturated rings. The summed E-state index contributed by atoms with van der Waals surface area (Å²) in [5.41, 5.74) is 4.51. The zero-order chi connectivity index (χ0) is 19.2. The number of carbonyl (C=O) groups is 2. The van der Waals surface area contributed by atoms with Crippen molar-refractivity contribution >= 4 is 34.6 Å². The quantitative estimate of drug-likeness (QED) is 0.511. The van der Waals surface area contributed by atoms with Crippen LogP contribution in [-0.2, 0) is 4.74 Å². The zero-order valence-electron chi connectivity index (χ0n) is 14.8. The largest absolute Gasteiger partial charge is 0.497 e. The highest BCUT2D eigenvalue weighted by molar-refractivity contribution is 7.16.